The van der Waals surface area contributed by atoms with E-state index in [9.17, 15) is 17.6 Å². The maximum absolute atomic E-state index is 12.9. The molecule has 1 aromatic heterocycles. The first-order chi connectivity index (χ1) is 10.8. The molecule has 0 unspecified atom stereocenters. The van der Waals surface area contributed by atoms with Crippen molar-refractivity contribution in [3.63, 3.8) is 0 Å². The van der Waals surface area contributed by atoms with Crippen LogP contribution in [-0.4, -0.2) is 25.6 Å². The number of aromatic nitrogens is 1. The Morgan fingerprint density at radius 3 is 2.65 bits per heavy atom. The van der Waals surface area contributed by atoms with Gasteiger partial charge in [0.25, 0.3) is 0 Å². The highest BCUT2D eigenvalue weighted by Gasteiger charge is 2.34. The zero-order valence-electron chi connectivity index (χ0n) is 12.2. The van der Waals surface area contributed by atoms with Crippen molar-refractivity contribution >= 4 is 27.2 Å². The number of halogens is 2. The Bertz CT molecular complexity index is 887. The Morgan fingerprint density at radius 2 is 2.09 bits per heavy atom. The molecular formula is C15H13ClFNO4S. The molecule has 0 atom stereocenters. The normalized spacial score (nSPS) is 14.9. The highest BCUT2D eigenvalue weighted by Crippen LogP contribution is 2.42. The minimum Gasteiger partial charge on any atom is -0.360 e. The predicted octanol–water partition coefficient (Wildman–Crippen LogP) is 3.31. The first-order valence-corrected chi connectivity index (χ1v) is 9.18. The smallest absolute Gasteiger partial charge is 0.199 e. The van der Waals surface area contributed by atoms with E-state index in [2.05, 4.69) is 5.16 Å². The molecule has 1 fully saturated rings. The van der Waals surface area contributed by atoms with Gasteiger partial charge in [0.1, 0.15) is 6.67 Å². The fourth-order valence-electron chi connectivity index (χ4n) is 2.45. The van der Waals surface area contributed by atoms with Crippen LogP contribution in [0.4, 0.5) is 4.39 Å². The lowest BCUT2D eigenvalue weighted by molar-refractivity contribution is 0.103. The minimum absolute atomic E-state index is 0.0244. The van der Waals surface area contributed by atoms with Gasteiger partial charge >= 0.3 is 0 Å². The number of benzene rings is 1. The summed E-state index contributed by atoms with van der Waals surface area (Å²) in [6, 6.07) is 2.59. The van der Waals surface area contributed by atoms with E-state index in [4.69, 9.17) is 16.1 Å². The highest BCUT2D eigenvalue weighted by molar-refractivity contribution is 7.91. The number of rotatable bonds is 5. The average molecular weight is 358 g/mol. The van der Waals surface area contributed by atoms with Crippen LogP contribution in [0.3, 0.4) is 0 Å². The molecule has 0 bridgehead atoms. The molecule has 2 aromatic rings. The summed E-state index contributed by atoms with van der Waals surface area (Å²) in [6.07, 6.45) is 4.01. The van der Waals surface area contributed by atoms with E-state index in [0.717, 1.165) is 19.1 Å². The van der Waals surface area contributed by atoms with Gasteiger partial charge in [-0.05, 0) is 18.9 Å². The maximum Gasteiger partial charge on any atom is 0.199 e. The molecule has 0 spiro atoms. The van der Waals surface area contributed by atoms with Crippen LogP contribution in [0.5, 0.6) is 0 Å². The summed E-state index contributed by atoms with van der Waals surface area (Å²) in [7, 11) is -3.82. The van der Waals surface area contributed by atoms with E-state index in [1.165, 1.54) is 18.3 Å². The van der Waals surface area contributed by atoms with Gasteiger partial charge in [-0.3, -0.25) is 4.79 Å². The van der Waals surface area contributed by atoms with Gasteiger partial charge in [-0.15, -0.1) is 0 Å². The summed E-state index contributed by atoms with van der Waals surface area (Å²) >= 11 is 6.01. The zero-order valence-corrected chi connectivity index (χ0v) is 13.7. The average Bonchev–Trinajstić information content (AvgIpc) is 3.22. The second-order valence-electron chi connectivity index (χ2n) is 5.53. The predicted molar refractivity (Wildman–Crippen MR) is 81.3 cm³/mol. The van der Waals surface area contributed by atoms with Crippen molar-refractivity contribution < 1.29 is 22.1 Å². The molecule has 0 radical (unpaired) electrons. The lowest BCUT2D eigenvalue weighted by Gasteiger charge is -2.11. The van der Waals surface area contributed by atoms with Gasteiger partial charge in [0.2, 0.25) is 0 Å². The van der Waals surface area contributed by atoms with Gasteiger partial charge in [0, 0.05) is 23.3 Å². The van der Waals surface area contributed by atoms with E-state index in [1.807, 2.05) is 0 Å². The number of ketones is 1. The monoisotopic (exact) mass is 357 g/mol. The van der Waals surface area contributed by atoms with E-state index in [0.29, 0.717) is 5.76 Å². The van der Waals surface area contributed by atoms with Crippen molar-refractivity contribution in [2.24, 2.45) is 0 Å². The first kappa shape index (κ1) is 16.1. The number of alkyl halides is 1. The van der Waals surface area contributed by atoms with Crippen LogP contribution in [-0.2, 0) is 16.5 Å². The van der Waals surface area contributed by atoms with Crippen molar-refractivity contribution in [2.75, 3.05) is 6.26 Å². The first-order valence-electron chi connectivity index (χ1n) is 6.91. The molecule has 5 nitrogen and oxygen atoms in total. The summed E-state index contributed by atoms with van der Waals surface area (Å²) in [5.41, 5.74) is 0.151. The van der Waals surface area contributed by atoms with Gasteiger partial charge in [-0.1, -0.05) is 22.8 Å². The number of nitrogens with zero attached hydrogens (tertiary/aromatic N) is 1. The lowest BCUT2D eigenvalue weighted by atomic mass is 10.0. The third-order valence-corrected chi connectivity index (χ3v) is 5.44. The standard InChI is InChI=1S/C15H13ClFNO4S/c1-23(20,21)15-10(5-4-9(6-17)12(15)16)13(19)11-7-18-22-14(11)8-2-3-8/h4-5,7-8H,2-3,6H2,1H3. The molecule has 122 valence electrons. The van der Waals surface area contributed by atoms with Crippen LogP contribution in [0, 0.1) is 0 Å². The molecule has 3 rings (SSSR count). The third-order valence-electron chi connectivity index (χ3n) is 3.73. The molecule has 0 N–H and O–H groups in total. The molecule has 1 heterocycles. The molecule has 1 aromatic carbocycles. The van der Waals surface area contributed by atoms with Crippen molar-refractivity contribution in [1.82, 2.24) is 5.16 Å². The number of hydrogen-bond donors (Lipinski definition) is 0. The van der Waals surface area contributed by atoms with E-state index in [-0.39, 0.29) is 32.5 Å². The van der Waals surface area contributed by atoms with Crippen LogP contribution in [0.1, 0.15) is 46.0 Å². The number of hydrogen-bond acceptors (Lipinski definition) is 5. The van der Waals surface area contributed by atoms with Crippen LogP contribution < -0.4 is 0 Å². The van der Waals surface area contributed by atoms with Gasteiger partial charge in [0.15, 0.2) is 21.4 Å². The molecule has 1 aliphatic rings. The lowest BCUT2D eigenvalue weighted by Crippen LogP contribution is -2.12. The third kappa shape index (κ3) is 2.90. The zero-order chi connectivity index (χ0) is 16.8. The Hall–Kier alpha value is -1.73. The molecular weight excluding hydrogens is 345 g/mol. The van der Waals surface area contributed by atoms with Crippen molar-refractivity contribution in [1.29, 1.82) is 0 Å². The molecule has 1 aliphatic carbocycles. The Morgan fingerprint density at radius 1 is 1.39 bits per heavy atom. The second kappa shape index (κ2) is 5.72. The summed E-state index contributed by atoms with van der Waals surface area (Å²) in [5, 5.41) is 3.38. The van der Waals surface area contributed by atoms with Crippen LogP contribution in [0.15, 0.2) is 27.7 Å². The summed E-state index contributed by atoms with van der Waals surface area (Å²) in [5.74, 6) is 0.0553. The highest BCUT2D eigenvalue weighted by atomic mass is 35.5. The van der Waals surface area contributed by atoms with Crippen molar-refractivity contribution in [2.45, 2.75) is 30.3 Å². The van der Waals surface area contributed by atoms with E-state index >= 15 is 0 Å². The molecule has 1 saturated carbocycles. The molecule has 8 heteroatoms. The second-order valence-corrected chi connectivity index (χ2v) is 7.86. The van der Waals surface area contributed by atoms with Gasteiger partial charge in [0.05, 0.1) is 21.7 Å². The fraction of sp³-hybridized carbons (Fsp3) is 0.333. The topological polar surface area (TPSA) is 77.2 Å². The number of carbonyl (C=O) groups excluding carboxylic acids is 1. The maximum atomic E-state index is 12.9. The largest absolute Gasteiger partial charge is 0.360 e. The number of sulfone groups is 1. The van der Waals surface area contributed by atoms with Gasteiger partial charge < -0.3 is 4.52 Å². The summed E-state index contributed by atoms with van der Waals surface area (Å²) < 4.78 is 42.2. The Labute approximate surface area is 137 Å². The number of carbonyl (C=O) groups is 1. The van der Waals surface area contributed by atoms with Crippen LogP contribution in [0.2, 0.25) is 5.02 Å². The molecule has 23 heavy (non-hydrogen) atoms. The fourth-order valence-corrected chi connectivity index (χ4v) is 4.10. The quantitative estimate of drug-likeness (QED) is 0.767. The Kier molecular flexibility index (Phi) is 4.01. The van der Waals surface area contributed by atoms with E-state index in [1.54, 1.807) is 0 Å². The summed E-state index contributed by atoms with van der Waals surface area (Å²) in [4.78, 5) is 12.4. The minimum atomic E-state index is -3.82. The SMILES string of the molecule is CS(=O)(=O)c1c(C(=O)c2cnoc2C2CC2)ccc(CF)c1Cl. The van der Waals surface area contributed by atoms with E-state index < -0.39 is 22.3 Å². The van der Waals surface area contributed by atoms with Gasteiger partial charge in [-0.2, -0.15) is 0 Å². The van der Waals surface area contributed by atoms with Gasteiger partial charge in [-0.25, -0.2) is 12.8 Å². The Balaban J connectivity index is 2.17. The van der Waals surface area contributed by atoms with Crippen molar-refractivity contribution in [3.05, 3.63) is 45.8 Å². The van der Waals surface area contributed by atoms with Crippen molar-refractivity contribution in [3.8, 4) is 0 Å². The molecule has 0 aliphatic heterocycles. The summed E-state index contributed by atoms with van der Waals surface area (Å²) in [6.45, 7) is -0.920. The molecule has 0 saturated heterocycles. The molecule has 0 amide bonds. The van der Waals surface area contributed by atoms with Crippen LogP contribution >= 0.6 is 11.6 Å². The van der Waals surface area contributed by atoms with Crippen LogP contribution in [0.25, 0.3) is 0 Å².